The topological polar surface area (TPSA) is 32.3 Å². The molecule has 1 atom stereocenters. The Morgan fingerprint density at radius 1 is 1.23 bits per heavy atom. The lowest BCUT2D eigenvalue weighted by Crippen LogP contribution is -2.23. The predicted octanol–water partition coefficient (Wildman–Crippen LogP) is 1.87. The Morgan fingerprint density at radius 2 is 1.92 bits per heavy atom. The van der Waals surface area contributed by atoms with E-state index in [1.54, 1.807) is 6.92 Å². The van der Waals surface area contributed by atoms with E-state index in [1.807, 2.05) is 43.4 Å². The predicted molar refractivity (Wildman–Crippen MR) is 54.9 cm³/mol. The van der Waals surface area contributed by atoms with Gasteiger partial charge in [0.1, 0.15) is 6.23 Å². The molecule has 70 valence electrons. The van der Waals surface area contributed by atoms with Crippen LogP contribution in [0.3, 0.4) is 0 Å². The fourth-order valence-corrected chi connectivity index (χ4v) is 1.04. The van der Waals surface area contributed by atoms with E-state index in [4.69, 9.17) is 5.11 Å². The summed E-state index contributed by atoms with van der Waals surface area (Å²) in [5.41, 5.74) is 2.10. The molecule has 0 amide bonds. The molecule has 0 bridgehead atoms. The standard InChI is InChI=1S/C11H15NO/c1-9-5-3-4-6-11(8-7-9)12-10(2)13/h3-8,10,12-13H,1-2H3/b4-3-,5-3?,6-4?,8-7?,9-5?,9-7?,11-6+,11-8?. The van der Waals surface area contributed by atoms with Crippen molar-refractivity contribution in [2.24, 2.45) is 0 Å². The smallest absolute Gasteiger partial charge is 0.121 e. The first-order valence-corrected chi connectivity index (χ1v) is 4.36. The van der Waals surface area contributed by atoms with Crippen molar-refractivity contribution in [3.63, 3.8) is 0 Å². The molecule has 1 aliphatic carbocycles. The molecule has 0 spiro atoms. The van der Waals surface area contributed by atoms with Gasteiger partial charge >= 0.3 is 0 Å². The highest BCUT2D eigenvalue weighted by molar-refractivity contribution is 5.34. The van der Waals surface area contributed by atoms with Gasteiger partial charge in [-0.05, 0) is 26.0 Å². The van der Waals surface area contributed by atoms with Gasteiger partial charge in [-0.25, -0.2) is 0 Å². The van der Waals surface area contributed by atoms with Crippen molar-refractivity contribution in [3.05, 3.63) is 47.7 Å². The Hall–Kier alpha value is -1.28. The molecule has 0 aromatic rings. The minimum Gasteiger partial charge on any atom is -0.374 e. The van der Waals surface area contributed by atoms with Crippen LogP contribution in [0.25, 0.3) is 0 Å². The van der Waals surface area contributed by atoms with Crippen LogP contribution >= 0.6 is 0 Å². The first-order chi connectivity index (χ1) is 6.18. The van der Waals surface area contributed by atoms with Crippen LogP contribution in [0.15, 0.2) is 47.7 Å². The van der Waals surface area contributed by atoms with Gasteiger partial charge in [0.2, 0.25) is 0 Å². The normalized spacial score (nSPS) is 24.8. The van der Waals surface area contributed by atoms with Gasteiger partial charge in [0, 0.05) is 5.70 Å². The van der Waals surface area contributed by atoms with Gasteiger partial charge in [-0.15, -0.1) is 0 Å². The minimum absolute atomic E-state index is 0.520. The highest BCUT2D eigenvalue weighted by Gasteiger charge is 1.95. The SMILES string of the molecule is CC1=C/C=C\C=C(\NC(C)O)C=C1. The summed E-state index contributed by atoms with van der Waals surface area (Å²) >= 11 is 0. The molecule has 0 aliphatic heterocycles. The molecule has 0 saturated carbocycles. The van der Waals surface area contributed by atoms with Gasteiger partial charge in [-0.2, -0.15) is 0 Å². The van der Waals surface area contributed by atoms with Crippen molar-refractivity contribution in [2.75, 3.05) is 0 Å². The van der Waals surface area contributed by atoms with Crippen molar-refractivity contribution in [1.29, 1.82) is 0 Å². The summed E-state index contributed by atoms with van der Waals surface area (Å²) in [7, 11) is 0. The van der Waals surface area contributed by atoms with Gasteiger partial charge in [-0.1, -0.05) is 29.9 Å². The maximum atomic E-state index is 9.11. The van der Waals surface area contributed by atoms with E-state index in [1.165, 1.54) is 5.57 Å². The summed E-state index contributed by atoms with van der Waals surface area (Å²) in [6.07, 6.45) is 11.3. The van der Waals surface area contributed by atoms with Crippen molar-refractivity contribution < 1.29 is 5.11 Å². The van der Waals surface area contributed by atoms with Gasteiger partial charge in [0.15, 0.2) is 0 Å². The summed E-state index contributed by atoms with van der Waals surface area (Å²) in [4.78, 5) is 0. The average molecular weight is 177 g/mol. The number of rotatable bonds is 2. The van der Waals surface area contributed by atoms with E-state index in [9.17, 15) is 0 Å². The second-order valence-electron chi connectivity index (χ2n) is 3.07. The molecule has 2 nitrogen and oxygen atoms in total. The molecule has 0 aromatic heterocycles. The third-order valence-electron chi connectivity index (χ3n) is 1.65. The van der Waals surface area contributed by atoms with Crippen LogP contribution < -0.4 is 5.32 Å². The third kappa shape index (κ3) is 3.76. The third-order valence-corrected chi connectivity index (χ3v) is 1.65. The molecule has 1 rings (SSSR count). The molecule has 0 aromatic carbocycles. The van der Waals surface area contributed by atoms with Gasteiger partial charge in [0.05, 0.1) is 0 Å². The van der Waals surface area contributed by atoms with Crippen LogP contribution in [0.5, 0.6) is 0 Å². The van der Waals surface area contributed by atoms with E-state index in [0.29, 0.717) is 0 Å². The van der Waals surface area contributed by atoms with Crippen LogP contribution in [0, 0.1) is 0 Å². The number of aliphatic hydroxyl groups excluding tert-OH is 1. The van der Waals surface area contributed by atoms with E-state index >= 15 is 0 Å². The Labute approximate surface area is 79.0 Å². The molecule has 0 saturated heterocycles. The maximum absolute atomic E-state index is 9.11. The summed E-state index contributed by atoms with van der Waals surface area (Å²) < 4.78 is 0. The van der Waals surface area contributed by atoms with E-state index in [2.05, 4.69) is 5.32 Å². The lowest BCUT2D eigenvalue weighted by Gasteiger charge is -2.09. The number of allylic oxidation sites excluding steroid dienone is 7. The van der Waals surface area contributed by atoms with Crippen LogP contribution in [0.1, 0.15) is 13.8 Å². The Bertz CT molecular complexity index is 282. The zero-order chi connectivity index (χ0) is 9.68. The average Bonchev–Trinajstić information content (AvgIpc) is 2.03. The lowest BCUT2D eigenvalue weighted by molar-refractivity contribution is 0.170. The van der Waals surface area contributed by atoms with Crippen molar-refractivity contribution in [2.45, 2.75) is 20.1 Å². The molecule has 13 heavy (non-hydrogen) atoms. The largest absolute Gasteiger partial charge is 0.374 e. The molecule has 1 aliphatic rings. The zero-order valence-corrected chi connectivity index (χ0v) is 7.99. The Kier molecular flexibility index (Phi) is 3.53. The fraction of sp³-hybridized carbons (Fsp3) is 0.273. The van der Waals surface area contributed by atoms with E-state index in [-0.39, 0.29) is 0 Å². The Morgan fingerprint density at radius 3 is 2.62 bits per heavy atom. The lowest BCUT2D eigenvalue weighted by atomic mass is 10.2. The van der Waals surface area contributed by atoms with Crippen LogP contribution in [0.4, 0.5) is 0 Å². The van der Waals surface area contributed by atoms with Crippen molar-refractivity contribution in [3.8, 4) is 0 Å². The zero-order valence-electron chi connectivity index (χ0n) is 7.99. The monoisotopic (exact) mass is 177 g/mol. The maximum Gasteiger partial charge on any atom is 0.121 e. The number of aliphatic hydroxyl groups is 1. The molecule has 2 heteroatoms. The minimum atomic E-state index is -0.520. The van der Waals surface area contributed by atoms with Gasteiger partial charge in [-0.3, -0.25) is 0 Å². The first kappa shape index (κ1) is 9.81. The quantitative estimate of drug-likeness (QED) is 0.631. The second kappa shape index (κ2) is 4.67. The van der Waals surface area contributed by atoms with Crippen molar-refractivity contribution in [1.82, 2.24) is 5.32 Å². The number of nitrogens with one attached hydrogen (secondary N) is 1. The molecular weight excluding hydrogens is 162 g/mol. The summed E-state index contributed by atoms with van der Waals surface area (Å²) in [5, 5.41) is 12.0. The summed E-state index contributed by atoms with van der Waals surface area (Å²) in [6.45, 7) is 3.73. The number of hydrogen-bond donors (Lipinski definition) is 2. The van der Waals surface area contributed by atoms with Crippen molar-refractivity contribution >= 4 is 0 Å². The molecule has 2 N–H and O–H groups in total. The summed E-state index contributed by atoms with van der Waals surface area (Å²) in [6, 6.07) is 0. The highest BCUT2D eigenvalue weighted by Crippen LogP contribution is 2.04. The molecule has 0 heterocycles. The molecular formula is C11H15NO. The van der Waals surface area contributed by atoms with Crippen LogP contribution in [-0.4, -0.2) is 11.3 Å². The highest BCUT2D eigenvalue weighted by atomic mass is 16.3. The van der Waals surface area contributed by atoms with Crippen LogP contribution in [-0.2, 0) is 0 Å². The first-order valence-electron chi connectivity index (χ1n) is 4.36. The van der Waals surface area contributed by atoms with Gasteiger partial charge < -0.3 is 10.4 Å². The number of hydrogen-bond acceptors (Lipinski definition) is 2. The second-order valence-corrected chi connectivity index (χ2v) is 3.07. The van der Waals surface area contributed by atoms with Crippen LogP contribution in [0.2, 0.25) is 0 Å². The molecule has 1 unspecified atom stereocenters. The van der Waals surface area contributed by atoms with E-state index in [0.717, 1.165) is 5.70 Å². The summed E-state index contributed by atoms with van der Waals surface area (Å²) in [5.74, 6) is 0. The fourth-order valence-electron chi connectivity index (χ4n) is 1.04. The Balaban J connectivity index is 2.71. The molecule has 0 fully saturated rings. The van der Waals surface area contributed by atoms with E-state index < -0.39 is 6.23 Å². The molecule has 0 radical (unpaired) electrons. The van der Waals surface area contributed by atoms with Gasteiger partial charge in [0.25, 0.3) is 0 Å².